The summed E-state index contributed by atoms with van der Waals surface area (Å²) < 4.78 is 5.15. The molecule has 1 heterocycles. The predicted octanol–water partition coefficient (Wildman–Crippen LogP) is 3.32. The molecular formula is C20H27ClN2O3. The SMILES string of the molecule is CCOC(=O)C1CCCCN1C(=O)CNC(c1ccc(Cl)cc1)C1CC1. The van der Waals surface area contributed by atoms with Crippen LogP contribution in [-0.4, -0.2) is 42.5 Å². The number of ether oxygens (including phenoxy) is 1. The van der Waals surface area contributed by atoms with Crippen LogP contribution in [0.1, 0.15) is 50.6 Å². The quantitative estimate of drug-likeness (QED) is 0.739. The molecule has 26 heavy (non-hydrogen) atoms. The van der Waals surface area contributed by atoms with E-state index in [1.165, 1.54) is 12.8 Å². The Bertz CT molecular complexity index is 630. The smallest absolute Gasteiger partial charge is 0.328 e. The number of carbonyl (C=O) groups is 2. The molecule has 1 aromatic rings. The number of nitrogens with zero attached hydrogens (tertiary/aromatic N) is 1. The van der Waals surface area contributed by atoms with Crippen LogP contribution < -0.4 is 5.32 Å². The van der Waals surface area contributed by atoms with Gasteiger partial charge < -0.3 is 15.0 Å². The molecule has 2 unspecified atom stereocenters. The molecule has 3 rings (SSSR count). The third kappa shape index (κ3) is 4.77. The second kappa shape index (κ2) is 8.87. The van der Waals surface area contributed by atoms with Gasteiger partial charge in [0, 0.05) is 17.6 Å². The van der Waals surface area contributed by atoms with E-state index in [4.69, 9.17) is 16.3 Å². The van der Waals surface area contributed by atoms with Crippen LogP contribution in [0.15, 0.2) is 24.3 Å². The molecule has 1 aliphatic heterocycles. The Balaban J connectivity index is 1.62. The van der Waals surface area contributed by atoms with Gasteiger partial charge in [-0.3, -0.25) is 4.79 Å². The summed E-state index contributed by atoms with van der Waals surface area (Å²) in [4.78, 5) is 26.7. The number of nitrogens with one attached hydrogen (secondary N) is 1. The zero-order valence-corrected chi connectivity index (χ0v) is 16.0. The minimum absolute atomic E-state index is 0.0256. The van der Waals surface area contributed by atoms with E-state index in [0.29, 0.717) is 30.5 Å². The lowest BCUT2D eigenvalue weighted by Gasteiger charge is -2.34. The number of esters is 1. The molecule has 142 valence electrons. The van der Waals surface area contributed by atoms with Crippen LogP contribution >= 0.6 is 11.6 Å². The molecular weight excluding hydrogens is 352 g/mol. The number of likely N-dealkylation sites (tertiary alicyclic amines) is 1. The highest BCUT2D eigenvalue weighted by Gasteiger charge is 2.35. The molecule has 1 saturated heterocycles. The van der Waals surface area contributed by atoms with E-state index in [9.17, 15) is 9.59 Å². The molecule has 0 spiro atoms. The van der Waals surface area contributed by atoms with Gasteiger partial charge in [0.1, 0.15) is 6.04 Å². The van der Waals surface area contributed by atoms with Crippen LogP contribution in [0.2, 0.25) is 5.02 Å². The second-order valence-corrected chi connectivity index (χ2v) is 7.53. The monoisotopic (exact) mass is 378 g/mol. The molecule has 6 heteroatoms. The summed E-state index contributed by atoms with van der Waals surface area (Å²) in [7, 11) is 0. The van der Waals surface area contributed by atoms with Gasteiger partial charge in [-0.05, 0) is 62.6 Å². The number of piperidine rings is 1. The number of amides is 1. The summed E-state index contributed by atoms with van der Waals surface area (Å²) in [6, 6.07) is 7.53. The summed E-state index contributed by atoms with van der Waals surface area (Å²) in [5.41, 5.74) is 1.16. The predicted molar refractivity (Wildman–Crippen MR) is 101 cm³/mol. The lowest BCUT2D eigenvalue weighted by atomic mass is 10.0. The van der Waals surface area contributed by atoms with E-state index in [1.54, 1.807) is 11.8 Å². The molecule has 0 aromatic heterocycles. The van der Waals surface area contributed by atoms with E-state index in [-0.39, 0.29) is 24.5 Å². The van der Waals surface area contributed by atoms with Crippen LogP contribution in [0.25, 0.3) is 0 Å². The molecule has 2 atom stereocenters. The molecule has 2 fully saturated rings. The lowest BCUT2D eigenvalue weighted by molar-refractivity contribution is -0.156. The van der Waals surface area contributed by atoms with Crippen molar-refractivity contribution in [2.24, 2.45) is 5.92 Å². The molecule has 0 radical (unpaired) electrons. The van der Waals surface area contributed by atoms with Crippen molar-refractivity contribution in [3.63, 3.8) is 0 Å². The van der Waals surface area contributed by atoms with Crippen LogP contribution in [0.5, 0.6) is 0 Å². The summed E-state index contributed by atoms with van der Waals surface area (Å²) in [6.07, 6.45) is 4.92. The van der Waals surface area contributed by atoms with Crippen molar-refractivity contribution in [1.82, 2.24) is 10.2 Å². The Morgan fingerprint density at radius 1 is 1.23 bits per heavy atom. The minimum atomic E-state index is -0.437. The van der Waals surface area contributed by atoms with Gasteiger partial charge in [-0.2, -0.15) is 0 Å². The van der Waals surface area contributed by atoms with Gasteiger partial charge in [0.15, 0.2) is 0 Å². The standard InChI is InChI=1S/C20H27ClN2O3/c1-2-26-20(25)17-5-3-4-12-23(17)18(24)13-22-19(14-6-7-14)15-8-10-16(21)11-9-15/h8-11,14,17,19,22H,2-7,12-13H2,1H3. The Morgan fingerprint density at radius 2 is 1.96 bits per heavy atom. The number of rotatable bonds is 7. The first-order valence-corrected chi connectivity index (χ1v) is 9.93. The molecule has 1 amide bonds. The van der Waals surface area contributed by atoms with Crippen molar-refractivity contribution in [3.8, 4) is 0 Å². The van der Waals surface area contributed by atoms with Crippen LogP contribution in [0, 0.1) is 5.92 Å². The fraction of sp³-hybridized carbons (Fsp3) is 0.600. The average Bonchev–Trinajstić information content (AvgIpc) is 3.48. The lowest BCUT2D eigenvalue weighted by Crippen LogP contribution is -2.51. The van der Waals surface area contributed by atoms with Gasteiger partial charge >= 0.3 is 5.97 Å². The first-order valence-electron chi connectivity index (χ1n) is 9.55. The third-order valence-corrected chi connectivity index (χ3v) is 5.43. The number of hydrogen-bond acceptors (Lipinski definition) is 4. The van der Waals surface area contributed by atoms with Gasteiger partial charge in [0.2, 0.25) is 5.91 Å². The third-order valence-electron chi connectivity index (χ3n) is 5.18. The minimum Gasteiger partial charge on any atom is -0.464 e. The molecule has 0 bridgehead atoms. The highest BCUT2D eigenvalue weighted by molar-refractivity contribution is 6.30. The molecule has 1 aromatic carbocycles. The normalized spacial score (nSPS) is 21.3. The van der Waals surface area contributed by atoms with Crippen LogP contribution in [0.3, 0.4) is 0 Å². The zero-order valence-electron chi connectivity index (χ0n) is 15.2. The maximum atomic E-state index is 12.8. The van der Waals surface area contributed by atoms with Crippen molar-refractivity contribution in [3.05, 3.63) is 34.9 Å². The highest BCUT2D eigenvalue weighted by atomic mass is 35.5. The van der Waals surface area contributed by atoms with Crippen molar-refractivity contribution < 1.29 is 14.3 Å². The summed E-state index contributed by atoms with van der Waals surface area (Å²) >= 11 is 5.99. The Morgan fingerprint density at radius 3 is 2.62 bits per heavy atom. The van der Waals surface area contributed by atoms with Crippen molar-refractivity contribution in [1.29, 1.82) is 0 Å². The molecule has 5 nitrogen and oxygen atoms in total. The fourth-order valence-corrected chi connectivity index (χ4v) is 3.79. The number of benzene rings is 1. The Hall–Kier alpha value is -1.59. The van der Waals surface area contributed by atoms with Crippen molar-refractivity contribution >= 4 is 23.5 Å². The zero-order chi connectivity index (χ0) is 18.5. The number of halogens is 1. The van der Waals surface area contributed by atoms with Gasteiger partial charge in [-0.1, -0.05) is 23.7 Å². The first-order chi connectivity index (χ1) is 12.6. The van der Waals surface area contributed by atoms with E-state index in [2.05, 4.69) is 5.32 Å². The van der Waals surface area contributed by atoms with E-state index >= 15 is 0 Å². The number of carbonyl (C=O) groups excluding carboxylic acids is 2. The largest absolute Gasteiger partial charge is 0.464 e. The van der Waals surface area contributed by atoms with Gasteiger partial charge in [0.25, 0.3) is 0 Å². The van der Waals surface area contributed by atoms with Gasteiger partial charge in [0.05, 0.1) is 13.2 Å². The maximum Gasteiger partial charge on any atom is 0.328 e. The Kier molecular flexibility index (Phi) is 6.54. The fourth-order valence-electron chi connectivity index (χ4n) is 3.67. The van der Waals surface area contributed by atoms with E-state index in [0.717, 1.165) is 18.4 Å². The van der Waals surface area contributed by atoms with Crippen molar-refractivity contribution in [2.75, 3.05) is 19.7 Å². The molecule has 2 aliphatic rings. The van der Waals surface area contributed by atoms with Crippen LogP contribution in [-0.2, 0) is 14.3 Å². The maximum absolute atomic E-state index is 12.8. The van der Waals surface area contributed by atoms with E-state index < -0.39 is 6.04 Å². The molecule has 1 aliphatic carbocycles. The van der Waals surface area contributed by atoms with Crippen molar-refractivity contribution in [2.45, 2.75) is 51.1 Å². The summed E-state index contributed by atoms with van der Waals surface area (Å²) in [6.45, 7) is 3.00. The average molecular weight is 379 g/mol. The topological polar surface area (TPSA) is 58.6 Å². The van der Waals surface area contributed by atoms with Crippen LogP contribution in [0.4, 0.5) is 0 Å². The highest BCUT2D eigenvalue weighted by Crippen LogP contribution is 2.41. The molecule has 1 N–H and O–H groups in total. The summed E-state index contributed by atoms with van der Waals surface area (Å²) in [5.74, 6) is 0.255. The van der Waals surface area contributed by atoms with Gasteiger partial charge in [-0.25, -0.2) is 4.79 Å². The number of hydrogen-bond donors (Lipinski definition) is 1. The Labute approximate surface area is 160 Å². The second-order valence-electron chi connectivity index (χ2n) is 7.10. The van der Waals surface area contributed by atoms with Gasteiger partial charge in [-0.15, -0.1) is 0 Å². The molecule has 1 saturated carbocycles. The summed E-state index contributed by atoms with van der Waals surface area (Å²) in [5, 5.41) is 4.13. The van der Waals surface area contributed by atoms with E-state index in [1.807, 2.05) is 24.3 Å². The first kappa shape index (κ1) is 19.2.